The Labute approximate surface area is 216 Å². The van der Waals surface area contributed by atoms with Gasteiger partial charge in [0, 0.05) is 41.9 Å². The third-order valence-electron chi connectivity index (χ3n) is 6.59. The molecule has 0 spiro atoms. The van der Waals surface area contributed by atoms with Crippen molar-refractivity contribution in [1.82, 2.24) is 10.2 Å². The number of ether oxygens (including phenoxy) is 1. The van der Waals surface area contributed by atoms with Crippen molar-refractivity contribution in [3.8, 4) is 0 Å². The molecule has 2 fully saturated rings. The van der Waals surface area contributed by atoms with Crippen LogP contribution < -0.4 is 16.0 Å². The van der Waals surface area contributed by atoms with Gasteiger partial charge in [0.15, 0.2) is 0 Å². The predicted octanol–water partition coefficient (Wildman–Crippen LogP) is 3.00. The van der Waals surface area contributed by atoms with Crippen LogP contribution >= 0.6 is 11.6 Å². The van der Waals surface area contributed by atoms with Gasteiger partial charge in [-0.25, -0.2) is 4.79 Å². The van der Waals surface area contributed by atoms with Gasteiger partial charge in [-0.05, 0) is 49.2 Å². The number of nitrogens with two attached hydrogens (primary N) is 1. The summed E-state index contributed by atoms with van der Waals surface area (Å²) < 4.78 is 43.7. The number of benzene rings is 2. The lowest BCUT2D eigenvalue weighted by Gasteiger charge is -2.34. The summed E-state index contributed by atoms with van der Waals surface area (Å²) in [5.41, 5.74) is 6.67. The summed E-state index contributed by atoms with van der Waals surface area (Å²) in [5, 5.41) is 3.85. The molecule has 2 aliphatic rings. The Balaban J connectivity index is 1.43. The van der Waals surface area contributed by atoms with Crippen molar-refractivity contribution in [1.29, 1.82) is 0 Å². The Morgan fingerprint density at radius 3 is 2.27 bits per heavy atom. The van der Waals surface area contributed by atoms with E-state index in [1.54, 1.807) is 52.3 Å². The zero-order valence-corrected chi connectivity index (χ0v) is 20.5. The molecule has 0 bridgehead atoms. The minimum absolute atomic E-state index is 0.0440. The Morgan fingerprint density at radius 1 is 1.00 bits per heavy atom. The molecular weight excluding hydrogens is 513 g/mol. The van der Waals surface area contributed by atoms with Crippen LogP contribution in [0.5, 0.6) is 0 Å². The number of likely N-dealkylation sites (tertiary alicyclic amines) is 1. The number of nitrogens with zero attached hydrogens (tertiary/aromatic N) is 2. The van der Waals surface area contributed by atoms with Crippen LogP contribution in [0.25, 0.3) is 0 Å². The van der Waals surface area contributed by atoms with E-state index in [1.165, 1.54) is 6.07 Å². The highest BCUT2D eigenvalue weighted by atomic mass is 35.5. The molecule has 2 atom stereocenters. The first-order chi connectivity index (χ1) is 17.5. The van der Waals surface area contributed by atoms with Gasteiger partial charge in [-0.3, -0.25) is 9.59 Å². The molecule has 12 heteroatoms. The Hall–Kier alpha value is -3.31. The van der Waals surface area contributed by atoms with E-state index in [0.717, 1.165) is 0 Å². The van der Waals surface area contributed by atoms with E-state index in [9.17, 15) is 27.6 Å². The van der Waals surface area contributed by atoms with Crippen LogP contribution in [0.3, 0.4) is 0 Å². The fourth-order valence-electron chi connectivity index (χ4n) is 4.74. The third-order valence-corrected chi connectivity index (χ3v) is 6.84. The topological polar surface area (TPSA) is 105 Å². The van der Waals surface area contributed by atoms with E-state index in [0.29, 0.717) is 42.2 Å². The van der Waals surface area contributed by atoms with Crippen molar-refractivity contribution in [2.75, 3.05) is 31.1 Å². The fraction of sp³-hybridized carbons (Fsp3) is 0.400. The number of carbonyl (C=O) groups is 3. The maximum Gasteiger partial charge on any atom is 0.490 e. The number of hydrogen-bond acceptors (Lipinski definition) is 6. The lowest BCUT2D eigenvalue weighted by molar-refractivity contribution is -0.204. The summed E-state index contributed by atoms with van der Waals surface area (Å²) in [6, 6.07) is 12.4. The number of hydrogen-bond donors (Lipinski definition) is 2. The predicted molar refractivity (Wildman–Crippen MR) is 130 cm³/mol. The second-order valence-corrected chi connectivity index (χ2v) is 9.51. The van der Waals surface area contributed by atoms with Crippen molar-refractivity contribution in [2.45, 2.75) is 37.2 Å². The number of piperidine rings is 1. The normalized spacial score (nSPS) is 20.6. The molecule has 2 aromatic rings. The molecular formula is C25H26ClF3N4O4. The van der Waals surface area contributed by atoms with Crippen LogP contribution in [-0.4, -0.2) is 73.2 Å². The molecule has 2 amide bonds. The van der Waals surface area contributed by atoms with Crippen molar-refractivity contribution in [3.05, 3.63) is 64.7 Å². The maximum absolute atomic E-state index is 12.9. The molecule has 0 aliphatic carbocycles. The first-order valence-electron chi connectivity index (χ1n) is 11.8. The molecule has 2 aromatic carbocycles. The molecule has 0 saturated carbocycles. The van der Waals surface area contributed by atoms with Gasteiger partial charge in [-0.2, -0.15) is 13.2 Å². The number of primary amides is 1. The number of halogens is 4. The highest BCUT2D eigenvalue weighted by Gasteiger charge is 2.46. The monoisotopic (exact) mass is 538 g/mol. The van der Waals surface area contributed by atoms with E-state index in [2.05, 4.69) is 5.32 Å². The van der Waals surface area contributed by atoms with Crippen LogP contribution in [0.1, 0.15) is 33.6 Å². The molecule has 2 saturated heterocycles. The summed E-state index contributed by atoms with van der Waals surface area (Å²) in [4.78, 5) is 39.7. The van der Waals surface area contributed by atoms with Gasteiger partial charge in [0.2, 0.25) is 0 Å². The Kier molecular flexibility index (Phi) is 7.93. The first kappa shape index (κ1) is 26.7. The van der Waals surface area contributed by atoms with Gasteiger partial charge in [0.05, 0.1) is 18.2 Å². The van der Waals surface area contributed by atoms with Crippen LogP contribution in [0.2, 0.25) is 5.02 Å². The van der Waals surface area contributed by atoms with E-state index >= 15 is 0 Å². The molecule has 8 nitrogen and oxygen atoms in total. The van der Waals surface area contributed by atoms with Gasteiger partial charge in [-0.15, -0.1) is 0 Å². The number of amides is 2. The maximum atomic E-state index is 12.9. The fourth-order valence-corrected chi connectivity index (χ4v) is 4.87. The average Bonchev–Trinajstić information content (AvgIpc) is 3.25. The minimum atomic E-state index is -5.13. The summed E-state index contributed by atoms with van der Waals surface area (Å²) in [7, 11) is 0. The molecule has 0 radical (unpaired) electrons. The van der Waals surface area contributed by atoms with Gasteiger partial charge >= 0.3 is 12.1 Å². The average molecular weight is 539 g/mol. The standard InChI is InChI=1S/C25H26ClF3N4O4/c26-16-7-5-15(6-8-16)23(35)32-11-9-17(10-12-32)31-19-13-33(14-21(19)37-24(36)25(27,28)29)20-4-2-1-3-18(20)22(30)34/h1-8,17,19,21,31H,9-14H2,(H2,30,34). The smallest absolute Gasteiger partial charge is 0.452 e. The number of alkyl halides is 3. The van der Waals surface area contributed by atoms with Gasteiger partial charge in [0.25, 0.3) is 11.8 Å². The van der Waals surface area contributed by atoms with Gasteiger partial charge < -0.3 is 25.6 Å². The Morgan fingerprint density at radius 2 is 1.65 bits per heavy atom. The third kappa shape index (κ3) is 6.34. The molecule has 198 valence electrons. The first-order valence-corrected chi connectivity index (χ1v) is 12.1. The Bertz CT molecular complexity index is 1150. The molecule has 2 heterocycles. The van der Waals surface area contributed by atoms with Crippen molar-refractivity contribution < 1.29 is 32.3 Å². The molecule has 2 unspecified atom stereocenters. The molecule has 4 rings (SSSR count). The number of nitrogens with one attached hydrogen (secondary N) is 1. The number of carbonyl (C=O) groups excluding carboxylic acids is 3. The minimum Gasteiger partial charge on any atom is -0.452 e. The zero-order chi connectivity index (χ0) is 26.7. The lowest BCUT2D eigenvalue weighted by Crippen LogP contribution is -2.52. The van der Waals surface area contributed by atoms with E-state index in [1.807, 2.05) is 0 Å². The lowest BCUT2D eigenvalue weighted by atomic mass is 10.0. The van der Waals surface area contributed by atoms with Gasteiger partial charge in [-0.1, -0.05) is 23.7 Å². The molecule has 0 aromatic heterocycles. The highest BCUT2D eigenvalue weighted by Crippen LogP contribution is 2.28. The van der Waals surface area contributed by atoms with Crippen LogP contribution in [-0.2, 0) is 9.53 Å². The SMILES string of the molecule is NC(=O)c1ccccc1N1CC(NC2CCN(C(=O)c3ccc(Cl)cc3)CC2)C(OC(=O)C(F)(F)F)C1. The van der Waals surface area contributed by atoms with Crippen molar-refractivity contribution in [2.24, 2.45) is 5.73 Å². The quantitative estimate of drug-likeness (QED) is 0.548. The summed E-state index contributed by atoms with van der Waals surface area (Å²) >= 11 is 5.89. The van der Waals surface area contributed by atoms with Crippen molar-refractivity contribution in [3.63, 3.8) is 0 Å². The highest BCUT2D eigenvalue weighted by molar-refractivity contribution is 6.30. The summed E-state index contributed by atoms with van der Waals surface area (Å²) in [5.74, 6) is -3.06. The van der Waals surface area contributed by atoms with E-state index < -0.39 is 30.2 Å². The largest absolute Gasteiger partial charge is 0.490 e. The van der Waals surface area contributed by atoms with Crippen LogP contribution in [0, 0.1) is 0 Å². The van der Waals surface area contributed by atoms with E-state index in [-0.39, 0.29) is 30.6 Å². The molecule has 2 aliphatic heterocycles. The molecule has 37 heavy (non-hydrogen) atoms. The second kappa shape index (κ2) is 11.0. The number of anilines is 1. The molecule has 3 N–H and O–H groups in total. The number of esters is 1. The van der Waals surface area contributed by atoms with E-state index in [4.69, 9.17) is 22.1 Å². The summed E-state index contributed by atoms with van der Waals surface area (Å²) in [6.07, 6.45) is -5.11. The number of rotatable bonds is 6. The van der Waals surface area contributed by atoms with Crippen molar-refractivity contribution >= 4 is 35.1 Å². The van der Waals surface area contributed by atoms with Crippen LogP contribution in [0.15, 0.2) is 48.5 Å². The number of para-hydroxylation sites is 1. The zero-order valence-electron chi connectivity index (χ0n) is 19.7. The summed E-state index contributed by atoms with van der Waals surface area (Å²) in [6.45, 7) is 1.06. The second-order valence-electron chi connectivity index (χ2n) is 9.07. The van der Waals surface area contributed by atoms with Gasteiger partial charge in [0.1, 0.15) is 6.10 Å². The van der Waals surface area contributed by atoms with Crippen LogP contribution in [0.4, 0.5) is 18.9 Å².